The number of amides is 1. The molecule has 0 bridgehead atoms. The molecule has 170 valence electrons. The van der Waals surface area contributed by atoms with Gasteiger partial charge in [-0.25, -0.2) is 8.78 Å². The number of rotatable bonds is 8. The third-order valence-corrected chi connectivity index (χ3v) is 6.01. The molecule has 1 aromatic carbocycles. The van der Waals surface area contributed by atoms with E-state index in [9.17, 15) is 23.5 Å². The first-order valence-electron chi connectivity index (χ1n) is 10.4. The molecule has 0 radical (unpaired) electrons. The summed E-state index contributed by atoms with van der Waals surface area (Å²) >= 11 is 0. The number of likely N-dealkylation sites (tertiary alicyclic amines) is 1. The molecule has 0 atom stereocenters. The van der Waals surface area contributed by atoms with Crippen molar-refractivity contribution in [2.24, 2.45) is 5.10 Å². The summed E-state index contributed by atoms with van der Waals surface area (Å²) in [7, 11) is 0. The smallest absolute Gasteiger partial charge is 0.314 e. The lowest BCUT2D eigenvalue weighted by molar-refractivity contribution is -0.148. The molecular weight excluding hydrogens is 404 g/mol. The van der Waals surface area contributed by atoms with Crippen molar-refractivity contribution in [3.8, 4) is 0 Å². The van der Waals surface area contributed by atoms with E-state index in [4.69, 9.17) is 0 Å². The number of carbonyl (C=O) groups is 2. The van der Waals surface area contributed by atoms with Gasteiger partial charge in [0.2, 0.25) is 5.91 Å². The number of carboxylic acid groups (broad SMARTS) is 1. The van der Waals surface area contributed by atoms with Crippen molar-refractivity contribution in [2.45, 2.75) is 58.8 Å². The number of hydrogen-bond acceptors (Lipinski definition) is 4. The molecular formula is C23H31F2N3O3. The SMILES string of the molecule is CCc1ccc(C2(C(=O)O)CCN(C(=O)CN(/N=C/C(F)F)C(C)=C(C)C)CC2)cc1. The molecule has 1 aliphatic rings. The maximum Gasteiger partial charge on any atom is 0.314 e. The van der Waals surface area contributed by atoms with Crippen molar-refractivity contribution in [3.63, 3.8) is 0 Å². The zero-order chi connectivity index (χ0) is 23.2. The molecule has 8 heteroatoms. The fraction of sp³-hybridized carbons (Fsp3) is 0.522. The molecule has 31 heavy (non-hydrogen) atoms. The zero-order valence-electron chi connectivity index (χ0n) is 18.6. The van der Waals surface area contributed by atoms with Gasteiger partial charge in [0, 0.05) is 18.8 Å². The zero-order valence-corrected chi connectivity index (χ0v) is 18.6. The van der Waals surface area contributed by atoms with Crippen LogP contribution in [-0.4, -0.2) is 59.2 Å². The Balaban J connectivity index is 2.14. The van der Waals surface area contributed by atoms with Gasteiger partial charge in [-0.15, -0.1) is 0 Å². The molecule has 1 N–H and O–H groups in total. The summed E-state index contributed by atoms with van der Waals surface area (Å²) in [6.45, 7) is 7.77. The van der Waals surface area contributed by atoms with Crippen LogP contribution in [0.1, 0.15) is 51.7 Å². The van der Waals surface area contributed by atoms with Crippen LogP contribution < -0.4 is 0 Å². The lowest BCUT2D eigenvalue weighted by Gasteiger charge is -2.39. The molecule has 1 saturated heterocycles. The highest BCUT2D eigenvalue weighted by Gasteiger charge is 2.44. The number of benzene rings is 1. The number of allylic oxidation sites excluding steroid dienone is 2. The van der Waals surface area contributed by atoms with Crippen LogP contribution in [0.25, 0.3) is 0 Å². The van der Waals surface area contributed by atoms with Crippen LogP contribution in [0.4, 0.5) is 8.78 Å². The van der Waals surface area contributed by atoms with Gasteiger partial charge < -0.3 is 10.0 Å². The monoisotopic (exact) mass is 435 g/mol. The van der Waals surface area contributed by atoms with Crippen molar-refractivity contribution in [1.29, 1.82) is 0 Å². The van der Waals surface area contributed by atoms with Gasteiger partial charge in [0.25, 0.3) is 6.43 Å². The van der Waals surface area contributed by atoms with Crippen LogP contribution >= 0.6 is 0 Å². The Morgan fingerprint density at radius 1 is 1.19 bits per heavy atom. The van der Waals surface area contributed by atoms with Gasteiger partial charge in [-0.2, -0.15) is 5.10 Å². The van der Waals surface area contributed by atoms with Gasteiger partial charge in [0.15, 0.2) is 0 Å². The molecule has 0 aromatic heterocycles. The van der Waals surface area contributed by atoms with Crippen molar-refractivity contribution in [1.82, 2.24) is 9.91 Å². The predicted molar refractivity (Wildman–Crippen MR) is 116 cm³/mol. The van der Waals surface area contributed by atoms with Crippen LogP contribution in [0.2, 0.25) is 0 Å². The maximum absolute atomic E-state index is 12.8. The number of carbonyl (C=O) groups excluding carboxylic acids is 1. The predicted octanol–water partition coefficient (Wildman–Crippen LogP) is 4.06. The van der Waals surface area contributed by atoms with Crippen LogP contribution in [0.3, 0.4) is 0 Å². The summed E-state index contributed by atoms with van der Waals surface area (Å²) in [5, 5.41) is 15.0. The van der Waals surface area contributed by atoms with E-state index in [1.54, 1.807) is 11.8 Å². The molecule has 1 amide bonds. The molecule has 0 saturated carbocycles. The first-order chi connectivity index (χ1) is 14.6. The molecule has 0 spiro atoms. The molecule has 6 nitrogen and oxygen atoms in total. The van der Waals surface area contributed by atoms with Crippen LogP contribution in [-0.2, 0) is 21.4 Å². The van der Waals surface area contributed by atoms with Crippen LogP contribution in [0, 0.1) is 0 Å². The number of carboxylic acids is 1. The van der Waals surface area contributed by atoms with Crippen LogP contribution in [0.15, 0.2) is 40.6 Å². The fourth-order valence-electron chi connectivity index (χ4n) is 3.69. The number of hydrazone groups is 1. The number of nitrogens with zero attached hydrogens (tertiary/aromatic N) is 3. The van der Waals surface area contributed by atoms with E-state index in [-0.39, 0.29) is 25.5 Å². The van der Waals surface area contributed by atoms with E-state index < -0.39 is 17.8 Å². The van der Waals surface area contributed by atoms with Gasteiger partial charge >= 0.3 is 5.97 Å². The fourth-order valence-corrected chi connectivity index (χ4v) is 3.69. The summed E-state index contributed by atoms with van der Waals surface area (Å²) in [6, 6.07) is 7.62. The number of hydrogen-bond donors (Lipinski definition) is 1. The normalized spacial score (nSPS) is 15.9. The third-order valence-electron chi connectivity index (χ3n) is 6.01. The molecule has 0 aliphatic carbocycles. The lowest BCUT2D eigenvalue weighted by Crippen LogP contribution is -2.50. The van der Waals surface area contributed by atoms with Gasteiger partial charge in [-0.3, -0.25) is 14.6 Å². The van der Waals surface area contributed by atoms with Crippen LogP contribution in [0.5, 0.6) is 0 Å². The Morgan fingerprint density at radius 2 is 1.77 bits per heavy atom. The van der Waals surface area contributed by atoms with Gasteiger partial charge in [-0.1, -0.05) is 36.8 Å². The number of piperidine rings is 1. The minimum atomic E-state index is -2.71. The summed E-state index contributed by atoms with van der Waals surface area (Å²) in [6.07, 6.45) is -0.750. The Morgan fingerprint density at radius 3 is 2.23 bits per heavy atom. The molecule has 0 unspecified atom stereocenters. The van der Waals surface area contributed by atoms with E-state index in [2.05, 4.69) is 5.10 Å². The Bertz CT molecular complexity index is 838. The van der Waals surface area contributed by atoms with E-state index in [0.29, 0.717) is 24.8 Å². The summed E-state index contributed by atoms with van der Waals surface area (Å²) in [5.41, 5.74) is 2.33. The molecule has 1 aromatic rings. The highest BCUT2D eigenvalue weighted by molar-refractivity contribution is 5.83. The summed E-state index contributed by atoms with van der Waals surface area (Å²) in [5.74, 6) is -1.17. The van der Waals surface area contributed by atoms with Gasteiger partial charge in [0.05, 0.1) is 11.6 Å². The number of aliphatic carboxylic acids is 1. The topological polar surface area (TPSA) is 73.2 Å². The van der Waals surface area contributed by atoms with Gasteiger partial charge in [-0.05, 0) is 51.2 Å². The Kier molecular flexibility index (Phi) is 8.30. The quantitative estimate of drug-likeness (QED) is 0.494. The van der Waals surface area contributed by atoms with Crippen molar-refractivity contribution < 1.29 is 23.5 Å². The minimum absolute atomic E-state index is 0.175. The van der Waals surface area contributed by atoms with Gasteiger partial charge in [0.1, 0.15) is 6.54 Å². The third kappa shape index (κ3) is 5.89. The van der Waals surface area contributed by atoms with E-state index in [1.165, 1.54) is 5.01 Å². The highest BCUT2D eigenvalue weighted by Crippen LogP contribution is 2.36. The first-order valence-corrected chi connectivity index (χ1v) is 10.4. The number of halogens is 2. The largest absolute Gasteiger partial charge is 0.481 e. The molecule has 1 heterocycles. The molecule has 1 aliphatic heterocycles. The second-order valence-electron chi connectivity index (χ2n) is 8.06. The standard InChI is InChI=1S/C23H31F2N3O3/c1-5-18-6-8-19(9-7-18)23(22(30)31)10-12-27(13-11-23)21(29)15-28(17(4)16(2)3)26-14-20(24)25/h6-9,14,20H,5,10-13,15H2,1-4H3,(H,30,31)/b26-14+. The molecule has 1 fully saturated rings. The Labute approximate surface area is 182 Å². The average molecular weight is 436 g/mol. The second kappa shape index (κ2) is 10.5. The van der Waals surface area contributed by atoms with E-state index >= 15 is 0 Å². The second-order valence-corrected chi connectivity index (χ2v) is 8.06. The average Bonchev–Trinajstić information content (AvgIpc) is 2.75. The number of alkyl halides is 2. The molecule has 2 rings (SSSR count). The van der Waals surface area contributed by atoms with Crippen molar-refractivity contribution >= 4 is 18.1 Å². The first kappa shape index (κ1) is 24.5. The van der Waals surface area contributed by atoms with Crippen molar-refractivity contribution in [3.05, 3.63) is 46.7 Å². The summed E-state index contributed by atoms with van der Waals surface area (Å²) < 4.78 is 25.2. The van der Waals surface area contributed by atoms with E-state index in [1.807, 2.05) is 45.0 Å². The van der Waals surface area contributed by atoms with Crippen molar-refractivity contribution in [2.75, 3.05) is 19.6 Å². The minimum Gasteiger partial charge on any atom is -0.481 e. The summed E-state index contributed by atoms with van der Waals surface area (Å²) in [4.78, 5) is 26.6. The Hall–Kier alpha value is -2.77. The maximum atomic E-state index is 12.8. The highest BCUT2D eigenvalue weighted by atomic mass is 19.3. The van der Waals surface area contributed by atoms with E-state index in [0.717, 1.165) is 23.1 Å². The lowest BCUT2D eigenvalue weighted by atomic mass is 9.72. The number of aryl methyl sites for hydroxylation is 1.